The molecule has 0 radical (unpaired) electrons. The fourth-order valence-electron chi connectivity index (χ4n) is 4.41. The van der Waals surface area contributed by atoms with Crippen molar-refractivity contribution in [2.45, 2.75) is 25.9 Å². The van der Waals surface area contributed by atoms with Gasteiger partial charge in [-0.1, -0.05) is 31.5 Å². The third kappa shape index (κ3) is 4.44. The van der Waals surface area contributed by atoms with Crippen LogP contribution in [-0.4, -0.2) is 33.6 Å². The molecular formula is C29H28O7. The minimum atomic E-state index is -0.715. The fraction of sp³-hybridized carbons (Fsp3) is 0.276. The smallest absolute Gasteiger partial charge is 0.338 e. The summed E-state index contributed by atoms with van der Waals surface area (Å²) in [6, 6.07) is 18.8. The first kappa shape index (κ1) is 23.6. The molecule has 0 bridgehead atoms. The second kappa shape index (κ2) is 10.2. The Morgan fingerprint density at radius 2 is 1.78 bits per heavy atom. The van der Waals surface area contributed by atoms with E-state index >= 15 is 0 Å². The van der Waals surface area contributed by atoms with Gasteiger partial charge in [0.05, 0.1) is 26.4 Å². The van der Waals surface area contributed by atoms with E-state index in [0.717, 1.165) is 29.5 Å². The average molecular weight is 489 g/mol. The Labute approximate surface area is 210 Å². The van der Waals surface area contributed by atoms with Crippen molar-refractivity contribution in [1.29, 1.82) is 0 Å². The summed E-state index contributed by atoms with van der Waals surface area (Å²) in [5.41, 5.74) is 3.35. The van der Waals surface area contributed by atoms with E-state index in [4.69, 9.17) is 28.4 Å². The van der Waals surface area contributed by atoms with Gasteiger partial charge >= 0.3 is 5.97 Å². The highest BCUT2D eigenvalue weighted by Gasteiger charge is 2.36. The standard InChI is InChI=1S/C29H28O7/c1-4-5-13-33-21-10-12-23-22(16-21)26(18-9-11-24-25(15-18)35-17-34-24)27(29(30)32-3)28(36-23)19-7-6-8-20(14-19)31-2/h6-12,14-16,28H,4-5,13,17H2,1-3H3. The van der Waals surface area contributed by atoms with Gasteiger partial charge in [-0.2, -0.15) is 0 Å². The summed E-state index contributed by atoms with van der Waals surface area (Å²) in [6.45, 7) is 2.88. The van der Waals surface area contributed by atoms with Crippen molar-refractivity contribution in [2.24, 2.45) is 0 Å². The first-order valence-corrected chi connectivity index (χ1v) is 11.9. The number of carbonyl (C=O) groups is 1. The van der Waals surface area contributed by atoms with Crippen LogP contribution in [0.15, 0.2) is 66.2 Å². The van der Waals surface area contributed by atoms with E-state index in [0.29, 0.717) is 46.5 Å². The lowest BCUT2D eigenvalue weighted by Crippen LogP contribution is -2.24. The summed E-state index contributed by atoms with van der Waals surface area (Å²) in [4.78, 5) is 13.3. The molecule has 3 aromatic rings. The molecule has 5 rings (SSSR count). The summed E-state index contributed by atoms with van der Waals surface area (Å²) < 4.78 is 34.3. The molecule has 0 saturated heterocycles. The maximum Gasteiger partial charge on any atom is 0.338 e. The third-order valence-electron chi connectivity index (χ3n) is 6.23. The lowest BCUT2D eigenvalue weighted by Gasteiger charge is -2.31. The summed E-state index contributed by atoms with van der Waals surface area (Å²) in [5, 5.41) is 0. The zero-order valence-electron chi connectivity index (χ0n) is 20.5. The topological polar surface area (TPSA) is 72.5 Å². The number of fused-ring (bicyclic) bond motifs is 2. The molecule has 36 heavy (non-hydrogen) atoms. The predicted molar refractivity (Wildman–Crippen MR) is 134 cm³/mol. The molecule has 186 valence electrons. The summed E-state index contributed by atoms with van der Waals surface area (Å²) in [6.07, 6.45) is 1.27. The van der Waals surface area contributed by atoms with Crippen molar-refractivity contribution >= 4 is 11.5 Å². The van der Waals surface area contributed by atoms with Crippen LogP contribution < -0.4 is 23.7 Å². The summed E-state index contributed by atoms with van der Waals surface area (Å²) in [7, 11) is 2.97. The molecule has 0 aliphatic carbocycles. The number of benzene rings is 3. The molecule has 1 atom stereocenters. The zero-order chi connectivity index (χ0) is 25.1. The van der Waals surface area contributed by atoms with Gasteiger partial charge in [0.2, 0.25) is 6.79 Å². The molecule has 7 nitrogen and oxygen atoms in total. The van der Waals surface area contributed by atoms with Crippen LogP contribution in [0.3, 0.4) is 0 Å². The van der Waals surface area contributed by atoms with Gasteiger partial charge in [-0.25, -0.2) is 4.79 Å². The maximum atomic E-state index is 13.3. The molecule has 0 spiro atoms. The fourth-order valence-corrected chi connectivity index (χ4v) is 4.41. The third-order valence-corrected chi connectivity index (χ3v) is 6.23. The summed E-state index contributed by atoms with van der Waals surface area (Å²) in [5.74, 6) is 2.78. The molecule has 2 aliphatic heterocycles. The van der Waals surface area contributed by atoms with Gasteiger partial charge in [0.15, 0.2) is 17.6 Å². The number of esters is 1. The van der Waals surface area contributed by atoms with Crippen molar-refractivity contribution in [3.63, 3.8) is 0 Å². The van der Waals surface area contributed by atoms with E-state index in [-0.39, 0.29) is 6.79 Å². The Morgan fingerprint density at radius 3 is 2.58 bits per heavy atom. The first-order valence-electron chi connectivity index (χ1n) is 11.9. The molecule has 2 heterocycles. The Balaban J connectivity index is 1.72. The van der Waals surface area contributed by atoms with E-state index in [1.807, 2.05) is 60.7 Å². The van der Waals surface area contributed by atoms with E-state index in [1.165, 1.54) is 7.11 Å². The molecule has 0 fully saturated rings. The van der Waals surface area contributed by atoms with Crippen molar-refractivity contribution in [1.82, 2.24) is 0 Å². The highest BCUT2D eigenvalue weighted by atomic mass is 16.7. The normalized spacial score (nSPS) is 15.7. The van der Waals surface area contributed by atoms with Crippen LogP contribution in [0.25, 0.3) is 5.57 Å². The lowest BCUT2D eigenvalue weighted by atomic mass is 9.85. The number of rotatable bonds is 8. The lowest BCUT2D eigenvalue weighted by molar-refractivity contribution is -0.137. The van der Waals surface area contributed by atoms with Crippen molar-refractivity contribution in [3.05, 3.63) is 82.9 Å². The SMILES string of the molecule is CCCCOc1ccc2c(c1)C(c1ccc3c(c1)OCO3)=C(C(=O)OC)C(c1cccc(OC)c1)O2. The van der Waals surface area contributed by atoms with E-state index in [1.54, 1.807) is 7.11 Å². The molecule has 7 heteroatoms. The Hall–Kier alpha value is -4.13. The number of methoxy groups -OCH3 is 2. The van der Waals surface area contributed by atoms with Crippen LogP contribution in [0, 0.1) is 0 Å². The van der Waals surface area contributed by atoms with Crippen LogP contribution in [0.2, 0.25) is 0 Å². The van der Waals surface area contributed by atoms with Gasteiger partial charge in [-0.3, -0.25) is 0 Å². The van der Waals surface area contributed by atoms with Crippen LogP contribution in [0.4, 0.5) is 0 Å². The molecule has 3 aromatic carbocycles. The molecule has 0 saturated carbocycles. The first-order chi connectivity index (χ1) is 17.6. The largest absolute Gasteiger partial charge is 0.497 e. The molecular weight excluding hydrogens is 460 g/mol. The van der Waals surface area contributed by atoms with Gasteiger partial charge in [0.25, 0.3) is 0 Å². The van der Waals surface area contributed by atoms with Gasteiger partial charge in [0, 0.05) is 16.7 Å². The average Bonchev–Trinajstić information content (AvgIpc) is 3.39. The minimum absolute atomic E-state index is 0.156. The van der Waals surface area contributed by atoms with Crippen LogP contribution in [0.5, 0.6) is 28.7 Å². The second-order valence-electron chi connectivity index (χ2n) is 8.48. The van der Waals surface area contributed by atoms with Crippen molar-refractivity contribution in [2.75, 3.05) is 27.6 Å². The van der Waals surface area contributed by atoms with E-state index in [9.17, 15) is 4.79 Å². The Kier molecular flexibility index (Phi) is 6.71. The van der Waals surface area contributed by atoms with Crippen molar-refractivity contribution in [3.8, 4) is 28.7 Å². The van der Waals surface area contributed by atoms with Gasteiger partial charge in [-0.05, 0) is 54.4 Å². The van der Waals surface area contributed by atoms with Crippen LogP contribution in [-0.2, 0) is 9.53 Å². The van der Waals surface area contributed by atoms with Gasteiger partial charge < -0.3 is 28.4 Å². The molecule has 0 aromatic heterocycles. The predicted octanol–water partition coefficient (Wildman–Crippen LogP) is 5.71. The van der Waals surface area contributed by atoms with Gasteiger partial charge in [0.1, 0.15) is 17.2 Å². The number of ether oxygens (including phenoxy) is 6. The van der Waals surface area contributed by atoms with Crippen molar-refractivity contribution < 1.29 is 33.2 Å². The quantitative estimate of drug-likeness (QED) is 0.297. The molecule has 0 amide bonds. The molecule has 0 N–H and O–H groups in total. The Morgan fingerprint density at radius 1 is 0.944 bits per heavy atom. The number of hydrogen-bond acceptors (Lipinski definition) is 7. The highest BCUT2D eigenvalue weighted by Crippen LogP contribution is 2.48. The van der Waals surface area contributed by atoms with E-state index in [2.05, 4.69) is 6.92 Å². The number of hydrogen-bond donors (Lipinski definition) is 0. The zero-order valence-corrected chi connectivity index (χ0v) is 20.5. The second-order valence-corrected chi connectivity index (χ2v) is 8.48. The monoisotopic (exact) mass is 488 g/mol. The Bertz CT molecular complexity index is 1310. The molecule has 1 unspecified atom stereocenters. The van der Waals surface area contributed by atoms with Gasteiger partial charge in [-0.15, -0.1) is 0 Å². The number of carbonyl (C=O) groups excluding carboxylic acids is 1. The number of unbranched alkanes of at least 4 members (excludes halogenated alkanes) is 1. The highest BCUT2D eigenvalue weighted by molar-refractivity contribution is 6.05. The van der Waals surface area contributed by atoms with Crippen LogP contribution in [0.1, 0.15) is 42.6 Å². The van der Waals surface area contributed by atoms with E-state index < -0.39 is 12.1 Å². The maximum absolute atomic E-state index is 13.3. The summed E-state index contributed by atoms with van der Waals surface area (Å²) >= 11 is 0. The van der Waals surface area contributed by atoms with Crippen LogP contribution >= 0.6 is 0 Å². The minimum Gasteiger partial charge on any atom is -0.497 e. The molecule has 2 aliphatic rings.